The van der Waals surface area contributed by atoms with E-state index in [0.717, 1.165) is 40.6 Å². The van der Waals surface area contributed by atoms with Crippen LogP contribution in [0.5, 0.6) is 0 Å². The average molecular weight is 374 g/mol. The molecule has 6 nitrogen and oxygen atoms in total. The number of nitriles is 1. The highest BCUT2D eigenvalue weighted by atomic mass is 15.1. The van der Waals surface area contributed by atoms with Crippen LogP contribution in [0, 0.1) is 17.2 Å². The second-order valence-corrected chi connectivity index (χ2v) is 7.63. The van der Waals surface area contributed by atoms with Crippen LogP contribution in [0.2, 0.25) is 0 Å². The van der Waals surface area contributed by atoms with Gasteiger partial charge in [0.2, 0.25) is 0 Å². The molecular formula is C22H26N6. The molecule has 4 rings (SSSR count). The zero-order valence-electron chi connectivity index (χ0n) is 16.4. The van der Waals surface area contributed by atoms with Gasteiger partial charge in [-0.25, -0.2) is 4.98 Å². The molecule has 1 saturated heterocycles. The molecule has 2 aromatic heterocycles. The van der Waals surface area contributed by atoms with Gasteiger partial charge >= 0.3 is 0 Å². The number of pyridine rings is 1. The van der Waals surface area contributed by atoms with Crippen molar-refractivity contribution in [3.63, 3.8) is 0 Å². The molecule has 0 spiro atoms. The van der Waals surface area contributed by atoms with Gasteiger partial charge in [0.25, 0.3) is 0 Å². The minimum absolute atomic E-state index is 0.640. The maximum atomic E-state index is 9.32. The Morgan fingerprint density at radius 1 is 1.29 bits per heavy atom. The fraction of sp³-hybridized carbons (Fsp3) is 0.364. The summed E-state index contributed by atoms with van der Waals surface area (Å²) in [4.78, 5) is 12.3. The summed E-state index contributed by atoms with van der Waals surface area (Å²) in [7, 11) is 4.19. The molecule has 1 aliphatic rings. The number of hydrogen-bond donors (Lipinski definition) is 2. The largest absolute Gasteiger partial charge is 0.370 e. The van der Waals surface area contributed by atoms with Gasteiger partial charge in [0.05, 0.1) is 29.2 Å². The van der Waals surface area contributed by atoms with Crippen LogP contribution in [-0.2, 0) is 0 Å². The molecule has 3 aromatic rings. The Kier molecular flexibility index (Phi) is 5.18. The van der Waals surface area contributed by atoms with Crippen LogP contribution in [0.3, 0.4) is 0 Å². The first kappa shape index (κ1) is 18.3. The smallest absolute Gasteiger partial charge is 0.126 e. The highest BCUT2D eigenvalue weighted by molar-refractivity contribution is 5.95. The van der Waals surface area contributed by atoms with Crippen LogP contribution in [0.4, 0.5) is 17.2 Å². The number of piperidine rings is 1. The van der Waals surface area contributed by atoms with Crippen molar-refractivity contribution in [3.05, 3.63) is 48.3 Å². The Balaban J connectivity index is 1.47. The number of aromatic nitrogens is 2. The van der Waals surface area contributed by atoms with Crippen LogP contribution >= 0.6 is 0 Å². The normalized spacial score (nSPS) is 15.5. The van der Waals surface area contributed by atoms with E-state index in [9.17, 15) is 5.26 Å². The Morgan fingerprint density at radius 3 is 2.82 bits per heavy atom. The molecule has 3 heterocycles. The lowest BCUT2D eigenvalue weighted by molar-refractivity contribution is 0.226. The van der Waals surface area contributed by atoms with Crippen molar-refractivity contribution in [1.29, 1.82) is 5.26 Å². The average Bonchev–Trinajstić information content (AvgIpc) is 3.21. The molecule has 6 heteroatoms. The topological polar surface area (TPSA) is 71.0 Å². The highest BCUT2D eigenvalue weighted by Gasteiger charge is 2.16. The van der Waals surface area contributed by atoms with Crippen molar-refractivity contribution in [1.82, 2.24) is 14.9 Å². The maximum Gasteiger partial charge on any atom is 0.126 e. The fourth-order valence-corrected chi connectivity index (χ4v) is 3.83. The van der Waals surface area contributed by atoms with Gasteiger partial charge in [-0.15, -0.1) is 0 Å². The van der Waals surface area contributed by atoms with E-state index in [-0.39, 0.29) is 0 Å². The lowest BCUT2D eigenvalue weighted by Crippen LogP contribution is -2.33. The molecule has 0 atom stereocenters. The molecule has 2 N–H and O–H groups in total. The van der Waals surface area contributed by atoms with E-state index >= 15 is 0 Å². The highest BCUT2D eigenvalue weighted by Crippen LogP contribution is 2.32. The molecule has 28 heavy (non-hydrogen) atoms. The summed E-state index contributed by atoms with van der Waals surface area (Å²) in [6.45, 7) is 3.34. The zero-order chi connectivity index (χ0) is 19.5. The number of rotatable bonds is 5. The number of hydrogen-bond acceptors (Lipinski definition) is 5. The van der Waals surface area contributed by atoms with Crippen LogP contribution in [0.1, 0.15) is 18.4 Å². The van der Waals surface area contributed by atoms with Crippen LogP contribution in [0.15, 0.2) is 42.7 Å². The summed E-state index contributed by atoms with van der Waals surface area (Å²) < 4.78 is 0. The van der Waals surface area contributed by atoms with Gasteiger partial charge in [0, 0.05) is 30.7 Å². The van der Waals surface area contributed by atoms with E-state index in [1.807, 2.05) is 43.7 Å². The van der Waals surface area contributed by atoms with E-state index in [0.29, 0.717) is 5.56 Å². The van der Waals surface area contributed by atoms with Crippen LogP contribution in [-0.4, -0.2) is 48.6 Å². The number of nitrogens with one attached hydrogen (secondary N) is 2. The Hall–Kier alpha value is -3.04. The number of benzene rings is 1. The molecule has 0 amide bonds. The van der Waals surface area contributed by atoms with Gasteiger partial charge < -0.3 is 20.1 Å². The van der Waals surface area contributed by atoms with E-state index in [2.05, 4.69) is 44.3 Å². The first-order valence-corrected chi connectivity index (χ1v) is 9.77. The Bertz CT molecular complexity index is 976. The van der Waals surface area contributed by atoms with Crippen molar-refractivity contribution < 1.29 is 0 Å². The Morgan fingerprint density at radius 2 is 2.11 bits per heavy atom. The summed E-state index contributed by atoms with van der Waals surface area (Å²) in [5.74, 6) is 1.63. The molecule has 0 saturated carbocycles. The van der Waals surface area contributed by atoms with Crippen molar-refractivity contribution in [2.24, 2.45) is 5.92 Å². The van der Waals surface area contributed by atoms with E-state index in [1.54, 1.807) is 0 Å². The number of anilines is 3. The third kappa shape index (κ3) is 3.80. The number of aromatic amines is 1. The number of H-pyrrole nitrogens is 1. The number of fused-ring (bicyclic) bond motifs is 1. The number of likely N-dealkylation sites (tertiary alicyclic amines) is 1. The van der Waals surface area contributed by atoms with Gasteiger partial charge in [-0.3, -0.25) is 0 Å². The molecule has 0 bridgehead atoms. The fourth-order valence-electron chi connectivity index (χ4n) is 3.83. The predicted octanol–water partition coefficient (Wildman–Crippen LogP) is 3.96. The minimum atomic E-state index is 0.640. The van der Waals surface area contributed by atoms with Crippen LogP contribution < -0.4 is 10.2 Å². The van der Waals surface area contributed by atoms with Gasteiger partial charge in [0.15, 0.2) is 0 Å². The third-order valence-electron chi connectivity index (χ3n) is 5.68. The summed E-state index contributed by atoms with van der Waals surface area (Å²) in [5, 5.41) is 13.9. The second-order valence-electron chi connectivity index (χ2n) is 7.63. The van der Waals surface area contributed by atoms with Gasteiger partial charge in [-0.1, -0.05) is 0 Å². The summed E-state index contributed by atoms with van der Waals surface area (Å²) in [5.41, 5.74) is 3.58. The summed E-state index contributed by atoms with van der Waals surface area (Å²) in [6.07, 6.45) is 6.27. The molecule has 144 valence electrons. The van der Waals surface area contributed by atoms with E-state index in [1.165, 1.54) is 25.9 Å². The first-order chi connectivity index (χ1) is 13.6. The summed E-state index contributed by atoms with van der Waals surface area (Å²) in [6, 6.07) is 12.2. The predicted molar refractivity (Wildman–Crippen MR) is 114 cm³/mol. The molecule has 0 radical (unpaired) electrons. The Labute approximate surface area is 165 Å². The molecule has 1 fully saturated rings. The standard InChI is InChI=1S/C22H26N6/c1-27-9-6-16(7-10-27)14-25-22-4-3-18(15-26-22)28(2)21-12-17(13-23)11-20-19(21)5-8-24-20/h3-5,8,11-12,15-16,24H,6-7,9-10,14H2,1-2H3,(H,25,26). The molecule has 1 aromatic carbocycles. The lowest BCUT2D eigenvalue weighted by Gasteiger charge is -2.29. The number of nitrogens with zero attached hydrogens (tertiary/aromatic N) is 4. The van der Waals surface area contributed by atoms with E-state index in [4.69, 9.17) is 0 Å². The lowest BCUT2D eigenvalue weighted by atomic mass is 9.97. The van der Waals surface area contributed by atoms with Crippen molar-refractivity contribution in [2.45, 2.75) is 12.8 Å². The molecule has 0 unspecified atom stereocenters. The monoisotopic (exact) mass is 374 g/mol. The quantitative estimate of drug-likeness (QED) is 0.707. The van der Waals surface area contributed by atoms with Crippen molar-refractivity contribution in [3.8, 4) is 6.07 Å². The van der Waals surface area contributed by atoms with Crippen molar-refractivity contribution in [2.75, 3.05) is 43.9 Å². The molecule has 0 aliphatic carbocycles. The maximum absolute atomic E-state index is 9.32. The van der Waals surface area contributed by atoms with Crippen LogP contribution in [0.25, 0.3) is 10.9 Å². The SMILES string of the molecule is CN1CCC(CNc2ccc(N(C)c3cc(C#N)cc4[nH]ccc34)cn2)CC1. The van der Waals surface area contributed by atoms with Gasteiger partial charge in [-0.2, -0.15) is 5.26 Å². The first-order valence-electron chi connectivity index (χ1n) is 9.77. The zero-order valence-corrected chi connectivity index (χ0v) is 16.4. The molecule has 1 aliphatic heterocycles. The minimum Gasteiger partial charge on any atom is -0.370 e. The van der Waals surface area contributed by atoms with E-state index < -0.39 is 0 Å². The third-order valence-corrected chi connectivity index (χ3v) is 5.68. The van der Waals surface area contributed by atoms with Gasteiger partial charge in [-0.05, 0) is 69.2 Å². The summed E-state index contributed by atoms with van der Waals surface area (Å²) >= 11 is 0. The van der Waals surface area contributed by atoms with Gasteiger partial charge in [0.1, 0.15) is 5.82 Å². The van der Waals surface area contributed by atoms with Crippen molar-refractivity contribution >= 4 is 28.1 Å². The molecular weight excluding hydrogens is 348 g/mol. The second kappa shape index (κ2) is 7.91.